The Balaban J connectivity index is 0.000000145. The number of nitrogens with zero attached hydrogens (tertiary/aromatic N) is 3. The van der Waals surface area contributed by atoms with Gasteiger partial charge in [-0.05, 0) is 40.9 Å². The summed E-state index contributed by atoms with van der Waals surface area (Å²) in [6, 6.07) is 16.2. The minimum absolute atomic E-state index is 0.123. The number of hydrogen-bond donors (Lipinski definition) is 1. The fourth-order valence-corrected chi connectivity index (χ4v) is 3.39. The van der Waals surface area contributed by atoms with Gasteiger partial charge in [-0.3, -0.25) is 14.6 Å². The average molecular weight is 509 g/mol. The molecule has 2 N–H and O–H groups in total. The molecule has 0 saturated heterocycles. The molecular weight excluding hydrogens is 484 g/mol. The largest absolute Gasteiger partial charge is 0.497 e. The molecule has 7 nitrogen and oxygen atoms in total. The highest BCUT2D eigenvalue weighted by molar-refractivity contribution is 9.12. The SMILES string of the molecule is CC(C)O/C=C(/Br)C=O.NC1=NCc2ccccc21.O=Cc1cn2c(n1)-c1ccccc1C2. The molecule has 8 heteroatoms. The van der Waals surface area contributed by atoms with Crippen LogP contribution >= 0.6 is 15.9 Å². The summed E-state index contributed by atoms with van der Waals surface area (Å²) in [7, 11) is 0. The molecule has 5 rings (SSSR count). The first-order valence-corrected chi connectivity index (χ1v) is 11.2. The number of benzene rings is 2. The number of halogens is 1. The number of hydrogen-bond acceptors (Lipinski definition) is 6. The van der Waals surface area contributed by atoms with E-state index in [1.165, 1.54) is 17.4 Å². The van der Waals surface area contributed by atoms with Gasteiger partial charge in [-0.1, -0.05) is 48.5 Å². The number of ether oxygens (including phenoxy) is 1. The zero-order chi connectivity index (χ0) is 23.8. The van der Waals surface area contributed by atoms with Crippen LogP contribution in [0.15, 0.2) is 70.5 Å². The number of aliphatic imine (C=N–C) groups is 1. The van der Waals surface area contributed by atoms with Gasteiger partial charge in [-0.15, -0.1) is 0 Å². The Kier molecular flexibility index (Phi) is 8.32. The third-order valence-electron chi connectivity index (χ3n) is 4.79. The van der Waals surface area contributed by atoms with Crippen molar-refractivity contribution >= 4 is 34.3 Å². The molecule has 0 aliphatic carbocycles. The Bertz CT molecular complexity index is 1200. The number of fused-ring (bicyclic) bond motifs is 4. The lowest BCUT2D eigenvalue weighted by atomic mass is 10.1. The van der Waals surface area contributed by atoms with E-state index in [0.29, 0.717) is 22.3 Å². The van der Waals surface area contributed by atoms with Crippen LogP contribution in [0, 0.1) is 0 Å². The zero-order valence-electron chi connectivity index (χ0n) is 18.4. The first-order valence-electron chi connectivity index (χ1n) is 10.4. The minimum atomic E-state index is 0.123. The Morgan fingerprint density at radius 2 is 1.76 bits per heavy atom. The van der Waals surface area contributed by atoms with Crippen LogP contribution in [0.25, 0.3) is 11.4 Å². The molecule has 1 aromatic heterocycles. The van der Waals surface area contributed by atoms with E-state index >= 15 is 0 Å². The van der Waals surface area contributed by atoms with Gasteiger partial charge in [0.1, 0.15) is 23.6 Å². The third kappa shape index (κ3) is 6.26. The lowest BCUT2D eigenvalue weighted by Crippen LogP contribution is -2.09. The van der Waals surface area contributed by atoms with E-state index in [2.05, 4.69) is 38.0 Å². The molecule has 0 saturated carbocycles. The van der Waals surface area contributed by atoms with Crippen molar-refractivity contribution in [3.63, 3.8) is 0 Å². The normalized spacial score (nSPS) is 12.8. The number of amidine groups is 1. The molecule has 0 radical (unpaired) electrons. The molecule has 0 bridgehead atoms. The predicted molar refractivity (Wildman–Crippen MR) is 132 cm³/mol. The molecule has 0 fully saturated rings. The summed E-state index contributed by atoms with van der Waals surface area (Å²) in [6.07, 6.45) is 4.77. The number of carbonyl (C=O) groups is 2. The quantitative estimate of drug-likeness (QED) is 0.249. The van der Waals surface area contributed by atoms with Crippen molar-refractivity contribution in [2.24, 2.45) is 10.7 Å². The predicted octanol–water partition coefficient (Wildman–Crippen LogP) is 4.48. The maximum absolute atomic E-state index is 10.5. The molecule has 3 aromatic rings. The van der Waals surface area contributed by atoms with E-state index in [-0.39, 0.29) is 6.10 Å². The zero-order valence-corrected chi connectivity index (χ0v) is 20.0. The molecule has 0 spiro atoms. The minimum Gasteiger partial charge on any atom is -0.497 e. The number of imidazole rings is 1. The summed E-state index contributed by atoms with van der Waals surface area (Å²) in [6.45, 7) is 5.36. The average Bonchev–Trinajstić information content (AvgIpc) is 3.51. The summed E-state index contributed by atoms with van der Waals surface area (Å²) >= 11 is 2.97. The van der Waals surface area contributed by atoms with Crippen LogP contribution in [0.4, 0.5) is 0 Å². The van der Waals surface area contributed by atoms with Gasteiger partial charge in [0.15, 0.2) is 12.6 Å². The van der Waals surface area contributed by atoms with Crippen molar-refractivity contribution in [1.29, 1.82) is 0 Å². The molecule has 2 aromatic carbocycles. The highest BCUT2D eigenvalue weighted by atomic mass is 79.9. The second-order valence-corrected chi connectivity index (χ2v) is 8.47. The van der Waals surface area contributed by atoms with Crippen molar-refractivity contribution in [2.45, 2.75) is 33.0 Å². The lowest BCUT2D eigenvalue weighted by molar-refractivity contribution is -0.104. The van der Waals surface area contributed by atoms with Crippen molar-refractivity contribution in [1.82, 2.24) is 9.55 Å². The van der Waals surface area contributed by atoms with Crippen LogP contribution in [0.1, 0.15) is 41.0 Å². The maximum atomic E-state index is 10.5. The fourth-order valence-electron chi connectivity index (χ4n) is 3.28. The summed E-state index contributed by atoms with van der Waals surface area (Å²) in [5.74, 6) is 1.58. The molecular formula is C25H25BrN4O3. The van der Waals surface area contributed by atoms with E-state index in [1.807, 2.05) is 54.8 Å². The van der Waals surface area contributed by atoms with Crippen LogP contribution in [-0.4, -0.2) is 34.1 Å². The number of rotatable bonds is 4. The number of allylic oxidation sites excluding steroid dienone is 1. The van der Waals surface area contributed by atoms with Gasteiger partial charge in [0.05, 0.1) is 17.1 Å². The number of nitrogens with two attached hydrogens (primary N) is 1. The summed E-state index contributed by atoms with van der Waals surface area (Å²) in [5.41, 5.74) is 10.9. The van der Waals surface area contributed by atoms with Crippen molar-refractivity contribution in [3.05, 3.63) is 87.9 Å². The van der Waals surface area contributed by atoms with Crippen LogP contribution < -0.4 is 5.73 Å². The Morgan fingerprint density at radius 1 is 1.09 bits per heavy atom. The summed E-state index contributed by atoms with van der Waals surface area (Å²) in [4.78, 5) is 28.8. The van der Waals surface area contributed by atoms with Gasteiger partial charge in [0.2, 0.25) is 0 Å². The second-order valence-electron chi connectivity index (χ2n) is 7.56. The molecule has 2 aliphatic rings. The number of carbonyl (C=O) groups excluding carboxylic acids is 2. The van der Waals surface area contributed by atoms with Crippen molar-refractivity contribution in [3.8, 4) is 11.4 Å². The van der Waals surface area contributed by atoms with Crippen LogP contribution in [0.5, 0.6) is 0 Å². The smallest absolute Gasteiger partial charge is 0.170 e. The Morgan fingerprint density at radius 3 is 2.39 bits per heavy atom. The van der Waals surface area contributed by atoms with E-state index in [9.17, 15) is 9.59 Å². The van der Waals surface area contributed by atoms with Gasteiger partial charge in [0, 0.05) is 23.9 Å². The first-order chi connectivity index (χ1) is 15.9. The number of aromatic nitrogens is 2. The third-order valence-corrected chi connectivity index (χ3v) is 5.17. The Labute approximate surface area is 201 Å². The fraction of sp³-hybridized carbons (Fsp3) is 0.200. The van der Waals surface area contributed by atoms with E-state index in [4.69, 9.17) is 10.5 Å². The van der Waals surface area contributed by atoms with Gasteiger partial charge < -0.3 is 15.0 Å². The van der Waals surface area contributed by atoms with Crippen LogP contribution in [-0.2, 0) is 22.6 Å². The monoisotopic (exact) mass is 508 g/mol. The second kappa shape index (κ2) is 11.4. The van der Waals surface area contributed by atoms with Gasteiger partial charge in [-0.2, -0.15) is 0 Å². The maximum Gasteiger partial charge on any atom is 0.170 e. The van der Waals surface area contributed by atoms with Crippen LogP contribution in [0.2, 0.25) is 0 Å². The molecule has 2 aliphatic heterocycles. The Hall–Kier alpha value is -3.52. The van der Waals surface area contributed by atoms with Gasteiger partial charge >= 0.3 is 0 Å². The summed E-state index contributed by atoms with van der Waals surface area (Å²) < 4.78 is 7.39. The van der Waals surface area contributed by atoms with Gasteiger partial charge in [-0.25, -0.2) is 4.98 Å². The van der Waals surface area contributed by atoms with Crippen molar-refractivity contribution < 1.29 is 14.3 Å². The molecule has 0 atom stereocenters. The molecule has 3 heterocycles. The molecule has 170 valence electrons. The molecule has 0 amide bonds. The van der Waals surface area contributed by atoms with Crippen molar-refractivity contribution in [2.75, 3.05) is 0 Å². The highest BCUT2D eigenvalue weighted by Crippen LogP contribution is 2.30. The highest BCUT2D eigenvalue weighted by Gasteiger charge is 2.19. The van der Waals surface area contributed by atoms with Gasteiger partial charge in [0.25, 0.3) is 0 Å². The van der Waals surface area contributed by atoms with Crippen LogP contribution in [0.3, 0.4) is 0 Å². The first kappa shape index (κ1) is 24.1. The van der Waals surface area contributed by atoms with E-state index < -0.39 is 0 Å². The lowest BCUT2D eigenvalue weighted by Gasteiger charge is -2.01. The number of aldehydes is 2. The molecule has 33 heavy (non-hydrogen) atoms. The topological polar surface area (TPSA) is 99.6 Å². The molecule has 0 unspecified atom stereocenters. The van der Waals surface area contributed by atoms with E-state index in [1.54, 1.807) is 6.20 Å². The summed E-state index contributed by atoms with van der Waals surface area (Å²) in [5, 5.41) is 0. The van der Waals surface area contributed by atoms with E-state index in [0.717, 1.165) is 36.3 Å². The standard InChI is InChI=1S/C11H8N2O.C8H8N2.C6H9BrO2/c14-7-9-6-13-5-8-3-1-2-4-10(8)11(13)12-9;9-8-7-4-2-1-3-6(7)5-10-8;1-5(2)9-4-6(7)3-8/h1-4,6-7H,5H2;1-4H,5H2,(H2,9,10);3-5H,1-2H3/b;;6-4+.